The van der Waals surface area contributed by atoms with Crippen molar-refractivity contribution in [3.63, 3.8) is 0 Å². The third-order valence-corrected chi connectivity index (χ3v) is 3.40. The summed E-state index contributed by atoms with van der Waals surface area (Å²) in [6.45, 7) is 5.55. The lowest BCUT2D eigenvalue weighted by Gasteiger charge is -2.25. The van der Waals surface area contributed by atoms with Gasteiger partial charge in [-0.15, -0.1) is 0 Å². The average Bonchev–Trinajstić information content (AvgIpc) is 2.28. The van der Waals surface area contributed by atoms with Crippen LogP contribution in [-0.4, -0.2) is 18.7 Å². The lowest BCUT2D eigenvalue weighted by Crippen LogP contribution is -2.24. The highest BCUT2D eigenvalue weighted by atomic mass is 79.9. The zero-order chi connectivity index (χ0) is 12.1. The molecule has 90 valence electrons. The molecule has 0 bridgehead atoms. The molecule has 0 aromatic heterocycles. The predicted molar refractivity (Wildman–Crippen MR) is 72.8 cm³/mol. The first-order valence-corrected chi connectivity index (χ1v) is 6.48. The molecular formula is C13H20BrNO. The zero-order valence-electron chi connectivity index (χ0n) is 10.2. The maximum absolute atomic E-state index is 9.31. The number of aliphatic hydroxyl groups excluding tert-OH is 1. The van der Waals surface area contributed by atoms with Gasteiger partial charge in [-0.25, -0.2) is 0 Å². The van der Waals surface area contributed by atoms with Crippen molar-refractivity contribution in [2.24, 2.45) is 5.92 Å². The van der Waals surface area contributed by atoms with E-state index in [-0.39, 0.29) is 6.61 Å². The Morgan fingerprint density at radius 2 is 2.12 bits per heavy atom. The highest BCUT2D eigenvalue weighted by Crippen LogP contribution is 2.25. The smallest absolute Gasteiger partial charge is 0.0702 e. The molecule has 0 fully saturated rings. The molecule has 0 radical (unpaired) electrons. The van der Waals surface area contributed by atoms with Gasteiger partial charge in [-0.1, -0.05) is 42.3 Å². The molecule has 2 nitrogen and oxygen atoms in total. The number of aliphatic hydroxyl groups is 1. The lowest BCUT2D eigenvalue weighted by atomic mass is 10.1. The quantitative estimate of drug-likeness (QED) is 0.896. The molecule has 0 aliphatic heterocycles. The molecule has 16 heavy (non-hydrogen) atoms. The first-order valence-electron chi connectivity index (χ1n) is 5.68. The first kappa shape index (κ1) is 13.5. The van der Waals surface area contributed by atoms with Crippen LogP contribution in [0, 0.1) is 5.92 Å². The summed E-state index contributed by atoms with van der Waals surface area (Å²) in [5, 5.41) is 9.31. The minimum absolute atomic E-state index is 0.0907. The Balaban J connectivity index is 2.88. The Morgan fingerprint density at radius 3 is 2.69 bits per heavy atom. The van der Waals surface area contributed by atoms with E-state index >= 15 is 0 Å². The third kappa shape index (κ3) is 3.49. The molecule has 1 rings (SSSR count). The second-order valence-corrected chi connectivity index (χ2v) is 5.24. The highest BCUT2D eigenvalue weighted by Gasteiger charge is 2.10. The maximum Gasteiger partial charge on any atom is 0.0702 e. The van der Waals surface area contributed by atoms with Crippen LogP contribution in [0.4, 0.5) is 5.69 Å². The van der Waals surface area contributed by atoms with E-state index in [1.807, 2.05) is 12.1 Å². The first-order chi connectivity index (χ1) is 7.58. The fourth-order valence-electron chi connectivity index (χ4n) is 1.72. The van der Waals surface area contributed by atoms with Gasteiger partial charge in [-0.05, 0) is 18.1 Å². The van der Waals surface area contributed by atoms with Gasteiger partial charge in [0, 0.05) is 29.3 Å². The summed E-state index contributed by atoms with van der Waals surface area (Å²) in [5.41, 5.74) is 2.09. The Morgan fingerprint density at radius 1 is 1.44 bits per heavy atom. The predicted octanol–water partition coefficient (Wildman–Crippen LogP) is 3.42. The van der Waals surface area contributed by atoms with Gasteiger partial charge in [0.2, 0.25) is 0 Å². The number of nitrogens with zero attached hydrogens (tertiary/aromatic N) is 1. The van der Waals surface area contributed by atoms with Crippen molar-refractivity contribution < 1.29 is 5.11 Å². The van der Waals surface area contributed by atoms with Crippen molar-refractivity contribution >= 4 is 21.6 Å². The van der Waals surface area contributed by atoms with Gasteiger partial charge in [0.15, 0.2) is 0 Å². The van der Waals surface area contributed by atoms with E-state index in [1.54, 1.807) is 0 Å². The van der Waals surface area contributed by atoms with E-state index in [9.17, 15) is 5.11 Å². The molecule has 3 heteroatoms. The molecule has 0 saturated carbocycles. The summed E-state index contributed by atoms with van der Waals surface area (Å²) in [4.78, 5) is 2.21. The van der Waals surface area contributed by atoms with E-state index in [2.05, 4.69) is 47.8 Å². The Hall–Kier alpha value is -0.540. The number of benzene rings is 1. The van der Waals surface area contributed by atoms with Crippen molar-refractivity contribution in [1.29, 1.82) is 0 Å². The van der Waals surface area contributed by atoms with Crippen molar-refractivity contribution in [1.82, 2.24) is 0 Å². The van der Waals surface area contributed by atoms with Crippen LogP contribution >= 0.6 is 15.9 Å². The Kier molecular flexibility index (Phi) is 5.29. The lowest BCUT2D eigenvalue weighted by molar-refractivity contribution is 0.282. The van der Waals surface area contributed by atoms with Crippen molar-refractivity contribution in [3.05, 3.63) is 28.2 Å². The normalized spacial score (nSPS) is 12.6. The van der Waals surface area contributed by atoms with Gasteiger partial charge in [0.1, 0.15) is 0 Å². The molecule has 0 heterocycles. The average molecular weight is 286 g/mol. The molecule has 1 aromatic rings. The molecule has 0 aliphatic carbocycles. The molecular weight excluding hydrogens is 266 g/mol. The number of anilines is 1. The molecule has 1 N–H and O–H groups in total. The van der Waals surface area contributed by atoms with Crippen LogP contribution in [0.3, 0.4) is 0 Å². The minimum Gasteiger partial charge on any atom is -0.392 e. The second kappa shape index (κ2) is 6.26. The van der Waals surface area contributed by atoms with E-state index < -0.39 is 0 Å². The zero-order valence-corrected chi connectivity index (χ0v) is 11.8. The molecule has 0 spiro atoms. The van der Waals surface area contributed by atoms with Gasteiger partial charge in [0.05, 0.1) is 6.61 Å². The van der Waals surface area contributed by atoms with Gasteiger partial charge in [-0.2, -0.15) is 0 Å². The second-order valence-electron chi connectivity index (χ2n) is 4.33. The SMILES string of the molecule is CCC(C)CN(C)c1cc(Br)ccc1CO. The summed E-state index contributed by atoms with van der Waals surface area (Å²) < 4.78 is 1.05. The molecule has 0 amide bonds. The molecule has 0 saturated heterocycles. The summed E-state index contributed by atoms with van der Waals surface area (Å²) in [6.07, 6.45) is 1.17. The number of rotatable bonds is 5. The van der Waals surface area contributed by atoms with Gasteiger partial charge in [-0.3, -0.25) is 0 Å². The molecule has 0 aliphatic rings. The van der Waals surface area contributed by atoms with Crippen LogP contribution in [0.25, 0.3) is 0 Å². The summed E-state index contributed by atoms with van der Waals surface area (Å²) in [6, 6.07) is 5.99. The summed E-state index contributed by atoms with van der Waals surface area (Å²) >= 11 is 3.47. The van der Waals surface area contributed by atoms with Gasteiger partial charge in [0.25, 0.3) is 0 Å². The number of hydrogen-bond donors (Lipinski definition) is 1. The van der Waals surface area contributed by atoms with Crippen molar-refractivity contribution in [2.75, 3.05) is 18.5 Å². The molecule has 1 atom stereocenters. The number of halogens is 1. The van der Waals surface area contributed by atoms with Crippen LogP contribution in [0.2, 0.25) is 0 Å². The Labute approximate surface area is 106 Å². The van der Waals surface area contributed by atoms with E-state index in [0.29, 0.717) is 5.92 Å². The van der Waals surface area contributed by atoms with Crippen LogP contribution < -0.4 is 4.90 Å². The van der Waals surface area contributed by atoms with Crippen LogP contribution in [0.15, 0.2) is 22.7 Å². The molecule has 1 aromatic carbocycles. The monoisotopic (exact) mass is 285 g/mol. The largest absolute Gasteiger partial charge is 0.392 e. The fraction of sp³-hybridized carbons (Fsp3) is 0.538. The fourth-order valence-corrected chi connectivity index (χ4v) is 2.07. The van der Waals surface area contributed by atoms with Crippen molar-refractivity contribution in [2.45, 2.75) is 26.9 Å². The van der Waals surface area contributed by atoms with Crippen LogP contribution in [0.5, 0.6) is 0 Å². The summed E-state index contributed by atoms with van der Waals surface area (Å²) in [5.74, 6) is 0.663. The molecule has 1 unspecified atom stereocenters. The van der Waals surface area contributed by atoms with Crippen molar-refractivity contribution in [3.8, 4) is 0 Å². The maximum atomic E-state index is 9.31. The van der Waals surface area contributed by atoms with Gasteiger partial charge >= 0.3 is 0 Å². The highest BCUT2D eigenvalue weighted by molar-refractivity contribution is 9.10. The van der Waals surface area contributed by atoms with Gasteiger partial charge < -0.3 is 10.0 Å². The van der Waals surface area contributed by atoms with E-state index in [0.717, 1.165) is 22.3 Å². The number of hydrogen-bond acceptors (Lipinski definition) is 2. The van der Waals surface area contributed by atoms with E-state index in [1.165, 1.54) is 6.42 Å². The van der Waals surface area contributed by atoms with E-state index in [4.69, 9.17) is 0 Å². The Bertz CT molecular complexity index is 341. The van der Waals surface area contributed by atoms with Crippen LogP contribution in [-0.2, 0) is 6.61 Å². The summed E-state index contributed by atoms with van der Waals surface area (Å²) in [7, 11) is 2.08. The van der Waals surface area contributed by atoms with Crippen LogP contribution in [0.1, 0.15) is 25.8 Å². The third-order valence-electron chi connectivity index (χ3n) is 2.91. The minimum atomic E-state index is 0.0907. The topological polar surface area (TPSA) is 23.5 Å². The standard InChI is InChI=1S/C13H20BrNO/c1-4-10(2)8-15(3)13-7-12(14)6-5-11(13)9-16/h5-7,10,16H,4,8-9H2,1-3H3.